The monoisotopic (exact) mass is 349 g/mol. The highest BCUT2D eigenvalue weighted by Crippen LogP contribution is 2.29. The number of nitrogens with one attached hydrogen (secondary N) is 1. The van der Waals surface area contributed by atoms with Crippen LogP contribution in [0.2, 0.25) is 5.02 Å². The van der Waals surface area contributed by atoms with Gasteiger partial charge in [-0.1, -0.05) is 24.6 Å². The van der Waals surface area contributed by atoms with Gasteiger partial charge in [-0.25, -0.2) is 4.79 Å². The molecule has 0 aliphatic rings. The van der Waals surface area contributed by atoms with E-state index in [1.165, 1.54) is 6.07 Å². The van der Waals surface area contributed by atoms with Crippen LogP contribution in [0.4, 0.5) is 5.69 Å². The fraction of sp³-hybridized carbons (Fsp3) is 0.278. The molecule has 0 fully saturated rings. The van der Waals surface area contributed by atoms with Crippen molar-refractivity contribution in [2.75, 3.05) is 19.0 Å². The lowest BCUT2D eigenvalue weighted by Crippen LogP contribution is -2.04. The molecule has 0 spiro atoms. The van der Waals surface area contributed by atoms with Gasteiger partial charge in [0.2, 0.25) is 0 Å². The number of rotatable bonds is 8. The molecule has 0 radical (unpaired) electrons. The smallest absolute Gasteiger partial charge is 0.337 e. The van der Waals surface area contributed by atoms with Crippen LogP contribution in [0, 0.1) is 0 Å². The Kier molecular flexibility index (Phi) is 6.32. The number of carboxylic acids is 1. The van der Waals surface area contributed by atoms with Crippen LogP contribution in [-0.4, -0.2) is 24.8 Å². The van der Waals surface area contributed by atoms with Gasteiger partial charge in [-0.15, -0.1) is 0 Å². The summed E-state index contributed by atoms with van der Waals surface area (Å²) >= 11 is 5.87. The third-order valence-electron chi connectivity index (χ3n) is 3.38. The lowest BCUT2D eigenvalue weighted by molar-refractivity contribution is 0.0697. The molecule has 2 rings (SSSR count). The molecule has 24 heavy (non-hydrogen) atoms. The summed E-state index contributed by atoms with van der Waals surface area (Å²) in [5.74, 6) is 0.329. The van der Waals surface area contributed by atoms with Crippen LogP contribution in [0.3, 0.4) is 0 Å². The lowest BCUT2D eigenvalue weighted by Gasteiger charge is -2.13. The van der Waals surface area contributed by atoms with E-state index in [0.717, 1.165) is 12.0 Å². The first-order chi connectivity index (χ1) is 11.5. The molecular formula is C18H20ClNO4. The fourth-order valence-corrected chi connectivity index (χ4v) is 2.35. The number of carboxylic acid groups (broad SMARTS) is 1. The summed E-state index contributed by atoms with van der Waals surface area (Å²) < 4.78 is 11.0. The van der Waals surface area contributed by atoms with Crippen LogP contribution in [0.15, 0.2) is 36.4 Å². The number of anilines is 1. The topological polar surface area (TPSA) is 67.8 Å². The molecule has 0 heterocycles. The minimum Gasteiger partial charge on any atom is -0.493 e. The summed E-state index contributed by atoms with van der Waals surface area (Å²) in [7, 11) is 1.60. The van der Waals surface area contributed by atoms with E-state index in [1.807, 2.05) is 25.1 Å². The minimum atomic E-state index is -1.05. The van der Waals surface area contributed by atoms with Gasteiger partial charge in [-0.2, -0.15) is 0 Å². The second-order valence-corrected chi connectivity index (χ2v) is 5.59. The van der Waals surface area contributed by atoms with Crippen molar-refractivity contribution in [3.63, 3.8) is 0 Å². The zero-order valence-corrected chi connectivity index (χ0v) is 14.4. The van der Waals surface area contributed by atoms with Crippen molar-refractivity contribution in [1.29, 1.82) is 0 Å². The molecule has 0 amide bonds. The van der Waals surface area contributed by atoms with Crippen molar-refractivity contribution in [2.45, 2.75) is 19.9 Å². The van der Waals surface area contributed by atoms with Crippen molar-refractivity contribution in [3.8, 4) is 11.5 Å². The third kappa shape index (κ3) is 4.55. The maximum Gasteiger partial charge on any atom is 0.337 e. The highest BCUT2D eigenvalue weighted by Gasteiger charge is 2.10. The maximum atomic E-state index is 11.1. The van der Waals surface area contributed by atoms with Gasteiger partial charge in [-0.05, 0) is 42.3 Å². The van der Waals surface area contributed by atoms with Gasteiger partial charge in [0, 0.05) is 12.2 Å². The normalized spacial score (nSPS) is 10.3. The number of hydrogen-bond acceptors (Lipinski definition) is 4. The Balaban J connectivity index is 2.09. The molecule has 6 heteroatoms. The molecule has 2 N–H and O–H groups in total. The fourth-order valence-electron chi connectivity index (χ4n) is 2.16. The molecule has 5 nitrogen and oxygen atoms in total. The predicted molar refractivity (Wildman–Crippen MR) is 94.5 cm³/mol. The molecule has 0 aliphatic carbocycles. The van der Waals surface area contributed by atoms with Crippen LogP contribution in [0.1, 0.15) is 29.3 Å². The van der Waals surface area contributed by atoms with E-state index in [0.29, 0.717) is 30.3 Å². The third-order valence-corrected chi connectivity index (χ3v) is 3.71. The Labute approximate surface area is 146 Å². The van der Waals surface area contributed by atoms with Crippen LogP contribution in [0.5, 0.6) is 11.5 Å². The Morgan fingerprint density at radius 1 is 1.21 bits per heavy atom. The second kappa shape index (κ2) is 8.45. The number of hydrogen-bond donors (Lipinski definition) is 2. The summed E-state index contributed by atoms with van der Waals surface area (Å²) in [6.45, 7) is 3.20. The van der Waals surface area contributed by atoms with Gasteiger partial charge in [0.15, 0.2) is 11.5 Å². The molecule has 0 saturated heterocycles. The van der Waals surface area contributed by atoms with Crippen molar-refractivity contribution >= 4 is 23.3 Å². The van der Waals surface area contributed by atoms with Gasteiger partial charge in [0.1, 0.15) is 0 Å². The van der Waals surface area contributed by atoms with Crippen molar-refractivity contribution < 1.29 is 19.4 Å². The number of carbonyl (C=O) groups is 1. The van der Waals surface area contributed by atoms with Gasteiger partial charge < -0.3 is 19.9 Å². The van der Waals surface area contributed by atoms with Gasteiger partial charge in [-0.3, -0.25) is 0 Å². The van der Waals surface area contributed by atoms with E-state index in [1.54, 1.807) is 19.2 Å². The molecule has 0 saturated carbocycles. The SMILES string of the molecule is CCCOc1ccc(CNc2ccc(Cl)c(C(=O)O)c2)cc1OC. The van der Waals surface area contributed by atoms with E-state index >= 15 is 0 Å². The number of halogens is 1. The van der Waals surface area contributed by atoms with E-state index in [2.05, 4.69) is 5.32 Å². The Morgan fingerprint density at radius 3 is 2.67 bits per heavy atom. The zero-order valence-electron chi connectivity index (χ0n) is 13.6. The number of methoxy groups -OCH3 is 1. The Bertz CT molecular complexity index is 718. The molecule has 0 aromatic heterocycles. The first-order valence-electron chi connectivity index (χ1n) is 7.61. The van der Waals surface area contributed by atoms with E-state index < -0.39 is 5.97 Å². The highest BCUT2D eigenvalue weighted by molar-refractivity contribution is 6.33. The molecule has 128 valence electrons. The maximum absolute atomic E-state index is 11.1. The summed E-state index contributed by atoms with van der Waals surface area (Å²) in [5, 5.41) is 12.5. The molecule has 0 unspecified atom stereocenters. The molecule has 0 aliphatic heterocycles. The van der Waals surface area contributed by atoms with Crippen molar-refractivity contribution in [1.82, 2.24) is 0 Å². The van der Waals surface area contributed by atoms with Crippen molar-refractivity contribution in [3.05, 3.63) is 52.5 Å². The van der Waals surface area contributed by atoms with Crippen LogP contribution >= 0.6 is 11.6 Å². The Hall–Kier alpha value is -2.40. The molecular weight excluding hydrogens is 330 g/mol. The van der Waals surface area contributed by atoms with Crippen molar-refractivity contribution in [2.24, 2.45) is 0 Å². The number of benzene rings is 2. The summed E-state index contributed by atoms with van der Waals surface area (Å²) in [4.78, 5) is 11.1. The predicted octanol–water partition coefficient (Wildman–Crippen LogP) is 4.45. The average Bonchev–Trinajstić information content (AvgIpc) is 2.59. The first-order valence-corrected chi connectivity index (χ1v) is 7.99. The second-order valence-electron chi connectivity index (χ2n) is 5.19. The molecule has 0 atom stereocenters. The van der Waals surface area contributed by atoms with Crippen LogP contribution < -0.4 is 14.8 Å². The first kappa shape index (κ1) is 17.9. The van der Waals surface area contributed by atoms with E-state index in [9.17, 15) is 4.79 Å². The van der Waals surface area contributed by atoms with Crippen LogP contribution in [-0.2, 0) is 6.54 Å². The number of ether oxygens (including phenoxy) is 2. The molecule has 0 bridgehead atoms. The van der Waals surface area contributed by atoms with E-state index in [4.69, 9.17) is 26.2 Å². The Morgan fingerprint density at radius 2 is 2.00 bits per heavy atom. The van der Waals surface area contributed by atoms with Gasteiger partial charge >= 0.3 is 5.97 Å². The molecule has 2 aromatic rings. The van der Waals surface area contributed by atoms with E-state index in [-0.39, 0.29) is 10.6 Å². The van der Waals surface area contributed by atoms with Gasteiger partial charge in [0.25, 0.3) is 0 Å². The summed E-state index contributed by atoms with van der Waals surface area (Å²) in [6.07, 6.45) is 0.926. The summed E-state index contributed by atoms with van der Waals surface area (Å²) in [6, 6.07) is 10.5. The van der Waals surface area contributed by atoms with Gasteiger partial charge in [0.05, 0.1) is 24.3 Å². The lowest BCUT2D eigenvalue weighted by atomic mass is 10.1. The highest BCUT2D eigenvalue weighted by atomic mass is 35.5. The number of aromatic carboxylic acids is 1. The largest absolute Gasteiger partial charge is 0.493 e. The summed E-state index contributed by atoms with van der Waals surface area (Å²) in [5.41, 5.74) is 1.74. The minimum absolute atomic E-state index is 0.0718. The van der Waals surface area contributed by atoms with Crippen LogP contribution in [0.25, 0.3) is 0 Å². The molecule has 2 aromatic carbocycles. The quantitative estimate of drug-likeness (QED) is 0.737. The standard InChI is InChI=1S/C18H20ClNO4/c1-3-8-24-16-7-4-12(9-17(16)23-2)11-20-13-5-6-15(19)14(10-13)18(21)22/h4-7,9-10,20H,3,8,11H2,1-2H3,(H,21,22). The average molecular weight is 350 g/mol. The zero-order chi connectivity index (χ0) is 17.5.